The predicted octanol–water partition coefficient (Wildman–Crippen LogP) is 3.78. The fourth-order valence-corrected chi connectivity index (χ4v) is 3.27. The van der Waals surface area contributed by atoms with Crippen LogP contribution in [0.4, 0.5) is 0 Å². The zero-order valence-corrected chi connectivity index (χ0v) is 11.4. The standard InChI is InChI=1S/C15H26O/c1-10-6-7-12(14(10,3)4)8-13-9-15(13,5)11(2)16/h6,11-13,16H,7-9H2,1-5H3. The summed E-state index contributed by atoms with van der Waals surface area (Å²) in [5.74, 6) is 1.54. The molecule has 2 aliphatic carbocycles. The van der Waals surface area contributed by atoms with Crippen LogP contribution in [-0.2, 0) is 0 Å². The summed E-state index contributed by atoms with van der Waals surface area (Å²) >= 11 is 0. The maximum Gasteiger partial charge on any atom is 0.0568 e. The van der Waals surface area contributed by atoms with Crippen molar-refractivity contribution in [3.8, 4) is 0 Å². The van der Waals surface area contributed by atoms with E-state index < -0.39 is 0 Å². The SMILES string of the molecule is CC1=CCC(CC2CC2(C)C(C)O)C1(C)C. The smallest absolute Gasteiger partial charge is 0.0568 e. The van der Waals surface area contributed by atoms with E-state index in [1.165, 1.54) is 19.3 Å². The lowest BCUT2D eigenvalue weighted by Crippen LogP contribution is -2.23. The van der Waals surface area contributed by atoms with Gasteiger partial charge in [-0.1, -0.05) is 32.4 Å². The molecule has 1 nitrogen and oxygen atoms in total. The molecular formula is C15H26O. The van der Waals surface area contributed by atoms with Gasteiger partial charge in [-0.05, 0) is 55.8 Å². The van der Waals surface area contributed by atoms with E-state index in [4.69, 9.17) is 0 Å². The number of hydrogen-bond acceptors (Lipinski definition) is 1. The first-order chi connectivity index (χ1) is 7.28. The van der Waals surface area contributed by atoms with Crippen LogP contribution in [0, 0.1) is 22.7 Å². The van der Waals surface area contributed by atoms with E-state index in [1.54, 1.807) is 5.57 Å². The molecule has 4 unspecified atom stereocenters. The number of hydrogen-bond donors (Lipinski definition) is 1. The van der Waals surface area contributed by atoms with Gasteiger partial charge in [0.05, 0.1) is 6.10 Å². The molecule has 2 aliphatic rings. The highest BCUT2D eigenvalue weighted by Crippen LogP contribution is 2.60. The average molecular weight is 222 g/mol. The van der Waals surface area contributed by atoms with E-state index in [1.807, 2.05) is 6.92 Å². The van der Waals surface area contributed by atoms with Crippen LogP contribution >= 0.6 is 0 Å². The Balaban J connectivity index is 1.95. The molecule has 1 N–H and O–H groups in total. The Kier molecular flexibility index (Phi) is 2.73. The van der Waals surface area contributed by atoms with Crippen molar-refractivity contribution in [1.82, 2.24) is 0 Å². The lowest BCUT2D eigenvalue weighted by molar-refractivity contribution is 0.104. The Morgan fingerprint density at radius 3 is 2.38 bits per heavy atom. The van der Waals surface area contributed by atoms with Crippen LogP contribution in [0.25, 0.3) is 0 Å². The molecule has 4 atom stereocenters. The van der Waals surface area contributed by atoms with Crippen molar-refractivity contribution in [2.75, 3.05) is 0 Å². The maximum atomic E-state index is 9.76. The predicted molar refractivity (Wildman–Crippen MR) is 68.2 cm³/mol. The van der Waals surface area contributed by atoms with Crippen molar-refractivity contribution >= 4 is 0 Å². The van der Waals surface area contributed by atoms with Gasteiger partial charge in [-0.2, -0.15) is 0 Å². The second-order valence-corrected chi connectivity index (χ2v) is 6.86. The summed E-state index contributed by atoms with van der Waals surface area (Å²) in [6, 6.07) is 0. The van der Waals surface area contributed by atoms with Crippen LogP contribution in [0.3, 0.4) is 0 Å². The fourth-order valence-electron chi connectivity index (χ4n) is 3.27. The second-order valence-electron chi connectivity index (χ2n) is 6.86. The van der Waals surface area contributed by atoms with E-state index in [2.05, 4.69) is 33.8 Å². The third-order valence-corrected chi connectivity index (χ3v) is 5.73. The maximum absolute atomic E-state index is 9.76. The summed E-state index contributed by atoms with van der Waals surface area (Å²) in [7, 11) is 0. The Labute approximate surface area is 99.9 Å². The van der Waals surface area contributed by atoms with Crippen molar-refractivity contribution in [3.63, 3.8) is 0 Å². The highest BCUT2D eigenvalue weighted by molar-refractivity contribution is 5.19. The highest BCUT2D eigenvalue weighted by Gasteiger charge is 2.54. The monoisotopic (exact) mass is 222 g/mol. The molecule has 1 heteroatoms. The van der Waals surface area contributed by atoms with Crippen LogP contribution in [0.1, 0.15) is 53.9 Å². The van der Waals surface area contributed by atoms with Gasteiger partial charge in [-0.25, -0.2) is 0 Å². The lowest BCUT2D eigenvalue weighted by Gasteiger charge is -2.30. The molecule has 16 heavy (non-hydrogen) atoms. The molecule has 1 fully saturated rings. The molecule has 2 rings (SSSR count). The van der Waals surface area contributed by atoms with Gasteiger partial charge in [0.15, 0.2) is 0 Å². The first-order valence-electron chi connectivity index (χ1n) is 6.64. The first-order valence-corrected chi connectivity index (χ1v) is 6.64. The molecule has 0 spiro atoms. The van der Waals surface area contributed by atoms with E-state index in [-0.39, 0.29) is 11.5 Å². The summed E-state index contributed by atoms with van der Waals surface area (Å²) in [5, 5.41) is 9.76. The molecule has 0 saturated heterocycles. The van der Waals surface area contributed by atoms with Gasteiger partial charge in [0.25, 0.3) is 0 Å². The summed E-state index contributed by atoms with van der Waals surface area (Å²) in [6.07, 6.45) is 6.02. The third kappa shape index (κ3) is 1.73. The van der Waals surface area contributed by atoms with Crippen LogP contribution < -0.4 is 0 Å². The topological polar surface area (TPSA) is 20.2 Å². The number of allylic oxidation sites excluding steroid dienone is 2. The first kappa shape index (κ1) is 12.2. The molecule has 0 aromatic heterocycles. The van der Waals surface area contributed by atoms with Crippen molar-refractivity contribution in [1.29, 1.82) is 0 Å². The third-order valence-electron chi connectivity index (χ3n) is 5.73. The molecule has 0 aliphatic heterocycles. The van der Waals surface area contributed by atoms with Gasteiger partial charge in [0.1, 0.15) is 0 Å². The molecule has 0 heterocycles. The van der Waals surface area contributed by atoms with Crippen LogP contribution in [0.15, 0.2) is 11.6 Å². The van der Waals surface area contributed by atoms with Crippen LogP contribution in [0.2, 0.25) is 0 Å². The molecule has 0 radical (unpaired) electrons. The normalized spacial score (nSPS) is 43.0. The Morgan fingerprint density at radius 2 is 2.00 bits per heavy atom. The highest BCUT2D eigenvalue weighted by atomic mass is 16.3. The molecule has 0 aromatic carbocycles. The van der Waals surface area contributed by atoms with Gasteiger partial charge in [-0.15, -0.1) is 0 Å². The zero-order valence-electron chi connectivity index (χ0n) is 11.4. The molecule has 0 amide bonds. The second kappa shape index (κ2) is 3.60. The van der Waals surface area contributed by atoms with Crippen molar-refractivity contribution < 1.29 is 5.11 Å². The van der Waals surface area contributed by atoms with Gasteiger partial charge in [0.2, 0.25) is 0 Å². The minimum absolute atomic E-state index is 0.143. The fraction of sp³-hybridized carbons (Fsp3) is 0.867. The molecule has 92 valence electrons. The van der Waals surface area contributed by atoms with Crippen LogP contribution in [-0.4, -0.2) is 11.2 Å². The van der Waals surface area contributed by atoms with Crippen molar-refractivity contribution in [2.24, 2.45) is 22.7 Å². The molecule has 1 saturated carbocycles. The summed E-state index contributed by atoms with van der Waals surface area (Å²) < 4.78 is 0. The number of aliphatic hydroxyl groups excluding tert-OH is 1. The quantitative estimate of drug-likeness (QED) is 0.721. The van der Waals surface area contributed by atoms with Crippen molar-refractivity contribution in [3.05, 3.63) is 11.6 Å². The van der Waals surface area contributed by atoms with Gasteiger partial charge < -0.3 is 5.11 Å². The summed E-state index contributed by atoms with van der Waals surface area (Å²) in [5.41, 5.74) is 2.14. The Hall–Kier alpha value is -0.300. The Bertz CT molecular complexity index is 313. The largest absolute Gasteiger partial charge is 0.393 e. The van der Waals surface area contributed by atoms with Gasteiger partial charge in [-0.3, -0.25) is 0 Å². The van der Waals surface area contributed by atoms with Crippen molar-refractivity contribution in [2.45, 2.75) is 60.0 Å². The molecular weight excluding hydrogens is 196 g/mol. The van der Waals surface area contributed by atoms with Gasteiger partial charge >= 0.3 is 0 Å². The minimum Gasteiger partial charge on any atom is -0.393 e. The van der Waals surface area contributed by atoms with E-state index in [0.717, 1.165) is 11.8 Å². The van der Waals surface area contributed by atoms with Crippen LogP contribution in [0.5, 0.6) is 0 Å². The summed E-state index contributed by atoms with van der Waals surface area (Å²) in [6.45, 7) is 11.2. The van der Waals surface area contributed by atoms with E-state index >= 15 is 0 Å². The average Bonchev–Trinajstić information content (AvgIpc) is 2.77. The number of rotatable bonds is 3. The molecule has 0 aromatic rings. The molecule has 0 bridgehead atoms. The zero-order chi connectivity index (χ0) is 12.1. The minimum atomic E-state index is -0.143. The van der Waals surface area contributed by atoms with E-state index in [0.29, 0.717) is 5.41 Å². The summed E-state index contributed by atoms with van der Waals surface area (Å²) in [4.78, 5) is 0. The van der Waals surface area contributed by atoms with Gasteiger partial charge in [0, 0.05) is 0 Å². The Morgan fingerprint density at radius 1 is 1.38 bits per heavy atom. The van der Waals surface area contributed by atoms with E-state index in [9.17, 15) is 5.11 Å². The number of aliphatic hydroxyl groups is 1. The lowest BCUT2D eigenvalue weighted by atomic mass is 9.74.